The molecule has 0 amide bonds. The van der Waals surface area contributed by atoms with Gasteiger partial charge in [-0.1, -0.05) is 40.0 Å². The molecule has 5 nitrogen and oxygen atoms in total. The van der Waals surface area contributed by atoms with E-state index in [0.717, 1.165) is 38.5 Å². The second kappa shape index (κ2) is 12.3. The molecule has 0 aromatic heterocycles. The van der Waals surface area contributed by atoms with Gasteiger partial charge in [-0.25, -0.2) is 0 Å². The highest BCUT2D eigenvalue weighted by molar-refractivity contribution is 4.86. The molecule has 1 fully saturated rings. The number of hydrogen-bond acceptors (Lipinski definition) is 5. The van der Waals surface area contributed by atoms with Gasteiger partial charge >= 0.3 is 0 Å². The van der Waals surface area contributed by atoms with E-state index in [-0.39, 0.29) is 12.2 Å². The van der Waals surface area contributed by atoms with Crippen LogP contribution >= 0.6 is 0 Å². The Bertz CT molecular complexity index is 261. The molecule has 1 heterocycles. The van der Waals surface area contributed by atoms with Crippen molar-refractivity contribution in [1.82, 2.24) is 0 Å². The van der Waals surface area contributed by atoms with Crippen LogP contribution in [0.4, 0.5) is 0 Å². The van der Waals surface area contributed by atoms with E-state index < -0.39 is 12.4 Å². The first-order valence-electron chi connectivity index (χ1n) is 8.89. The van der Waals surface area contributed by atoms with E-state index in [1.54, 1.807) is 0 Å². The zero-order chi connectivity index (χ0) is 16.2. The summed E-state index contributed by atoms with van der Waals surface area (Å²) in [5.41, 5.74) is 0. The maximum atomic E-state index is 10.1. The standard InChI is InChI=1S/C17H34O5/c1-4-7-10-19-14-13-22-17(18)16(21-12-9-6-3)15(14)20-11-8-5-2/h14-18H,4-13H2,1-3H3. The highest BCUT2D eigenvalue weighted by Crippen LogP contribution is 2.23. The Morgan fingerprint density at radius 1 is 0.818 bits per heavy atom. The number of aliphatic hydroxyl groups excluding tert-OH is 1. The predicted molar refractivity (Wildman–Crippen MR) is 85.9 cm³/mol. The van der Waals surface area contributed by atoms with Gasteiger partial charge in [-0.2, -0.15) is 0 Å². The van der Waals surface area contributed by atoms with E-state index in [1.165, 1.54) is 0 Å². The molecule has 132 valence electrons. The van der Waals surface area contributed by atoms with E-state index in [2.05, 4.69) is 20.8 Å². The van der Waals surface area contributed by atoms with E-state index in [4.69, 9.17) is 18.9 Å². The van der Waals surface area contributed by atoms with Crippen LogP contribution < -0.4 is 0 Å². The minimum atomic E-state index is -0.936. The third-order valence-corrected chi connectivity index (χ3v) is 3.85. The van der Waals surface area contributed by atoms with Crippen LogP contribution in [-0.4, -0.2) is 56.1 Å². The SMILES string of the molecule is CCCCOC1COC(O)C(OCCCC)C1OCCCC. The number of unbranched alkanes of at least 4 members (excludes halogenated alkanes) is 3. The van der Waals surface area contributed by atoms with Crippen LogP contribution in [-0.2, 0) is 18.9 Å². The van der Waals surface area contributed by atoms with Crippen molar-refractivity contribution in [2.24, 2.45) is 0 Å². The van der Waals surface area contributed by atoms with Crippen molar-refractivity contribution < 1.29 is 24.1 Å². The van der Waals surface area contributed by atoms with Gasteiger partial charge in [0.05, 0.1) is 6.61 Å². The van der Waals surface area contributed by atoms with Crippen molar-refractivity contribution in [3.8, 4) is 0 Å². The molecule has 1 rings (SSSR count). The van der Waals surface area contributed by atoms with Gasteiger partial charge in [0.15, 0.2) is 6.29 Å². The average Bonchev–Trinajstić information content (AvgIpc) is 2.52. The molecule has 0 aromatic rings. The fourth-order valence-electron chi connectivity index (χ4n) is 2.39. The molecule has 0 aliphatic carbocycles. The summed E-state index contributed by atoms with van der Waals surface area (Å²) in [4.78, 5) is 0. The topological polar surface area (TPSA) is 57.2 Å². The monoisotopic (exact) mass is 318 g/mol. The minimum Gasteiger partial charge on any atom is -0.373 e. The lowest BCUT2D eigenvalue weighted by atomic mass is 10.0. The average molecular weight is 318 g/mol. The zero-order valence-electron chi connectivity index (χ0n) is 14.5. The largest absolute Gasteiger partial charge is 0.373 e. The van der Waals surface area contributed by atoms with Crippen molar-refractivity contribution in [3.05, 3.63) is 0 Å². The van der Waals surface area contributed by atoms with Gasteiger partial charge in [0.1, 0.15) is 18.3 Å². The number of hydrogen-bond donors (Lipinski definition) is 1. The predicted octanol–water partition coefficient (Wildman–Crippen LogP) is 2.89. The molecule has 0 saturated carbocycles. The van der Waals surface area contributed by atoms with Crippen molar-refractivity contribution in [2.75, 3.05) is 26.4 Å². The molecule has 4 atom stereocenters. The molecule has 22 heavy (non-hydrogen) atoms. The maximum Gasteiger partial charge on any atom is 0.183 e. The van der Waals surface area contributed by atoms with Crippen LogP contribution in [0.5, 0.6) is 0 Å². The molecular formula is C17H34O5. The normalized spacial score (nSPS) is 28.9. The molecule has 4 unspecified atom stereocenters. The van der Waals surface area contributed by atoms with Crippen LogP contribution in [0.25, 0.3) is 0 Å². The van der Waals surface area contributed by atoms with Crippen molar-refractivity contribution >= 4 is 0 Å². The van der Waals surface area contributed by atoms with Gasteiger partial charge < -0.3 is 24.1 Å². The Morgan fingerprint density at radius 2 is 1.32 bits per heavy atom. The van der Waals surface area contributed by atoms with Crippen LogP contribution in [0.15, 0.2) is 0 Å². The lowest BCUT2D eigenvalue weighted by Crippen LogP contribution is -2.56. The third kappa shape index (κ3) is 6.92. The molecule has 0 radical (unpaired) electrons. The van der Waals surface area contributed by atoms with Crippen molar-refractivity contribution in [2.45, 2.75) is 83.9 Å². The fraction of sp³-hybridized carbons (Fsp3) is 1.00. The Hall–Kier alpha value is -0.200. The van der Waals surface area contributed by atoms with Crippen LogP contribution in [0, 0.1) is 0 Å². The van der Waals surface area contributed by atoms with Gasteiger partial charge in [-0.05, 0) is 19.3 Å². The number of ether oxygens (including phenoxy) is 4. The van der Waals surface area contributed by atoms with E-state index in [0.29, 0.717) is 26.4 Å². The van der Waals surface area contributed by atoms with Crippen LogP contribution in [0.1, 0.15) is 59.3 Å². The second-order valence-electron chi connectivity index (χ2n) is 5.86. The Labute approximate surface area is 135 Å². The minimum absolute atomic E-state index is 0.168. The maximum absolute atomic E-state index is 10.1. The number of aliphatic hydroxyl groups is 1. The Balaban J connectivity index is 2.59. The van der Waals surface area contributed by atoms with Crippen LogP contribution in [0.3, 0.4) is 0 Å². The molecule has 0 bridgehead atoms. The molecule has 0 spiro atoms. The lowest BCUT2D eigenvalue weighted by molar-refractivity contribution is -0.281. The van der Waals surface area contributed by atoms with Gasteiger partial charge in [0.2, 0.25) is 0 Å². The number of rotatable bonds is 12. The summed E-state index contributed by atoms with van der Waals surface area (Å²) in [6, 6.07) is 0. The Morgan fingerprint density at radius 3 is 1.86 bits per heavy atom. The fourth-order valence-corrected chi connectivity index (χ4v) is 2.39. The molecule has 5 heteroatoms. The summed E-state index contributed by atoms with van der Waals surface area (Å²) in [5.74, 6) is 0. The molecular weight excluding hydrogens is 284 g/mol. The van der Waals surface area contributed by atoms with Gasteiger partial charge in [0.25, 0.3) is 0 Å². The first-order chi connectivity index (χ1) is 10.7. The Kier molecular flexibility index (Phi) is 11.1. The zero-order valence-corrected chi connectivity index (χ0v) is 14.5. The summed E-state index contributed by atoms with van der Waals surface area (Å²) in [6.07, 6.45) is 4.37. The summed E-state index contributed by atoms with van der Waals surface area (Å²) in [7, 11) is 0. The van der Waals surface area contributed by atoms with E-state index in [1.807, 2.05) is 0 Å². The second-order valence-corrected chi connectivity index (χ2v) is 5.86. The van der Waals surface area contributed by atoms with E-state index in [9.17, 15) is 5.11 Å². The van der Waals surface area contributed by atoms with Crippen molar-refractivity contribution in [1.29, 1.82) is 0 Å². The summed E-state index contributed by atoms with van der Waals surface area (Å²) < 4.78 is 23.2. The highest BCUT2D eigenvalue weighted by atomic mass is 16.7. The highest BCUT2D eigenvalue weighted by Gasteiger charge is 2.42. The third-order valence-electron chi connectivity index (χ3n) is 3.85. The smallest absolute Gasteiger partial charge is 0.183 e. The molecule has 1 aliphatic rings. The van der Waals surface area contributed by atoms with Crippen LogP contribution in [0.2, 0.25) is 0 Å². The first kappa shape index (κ1) is 19.8. The molecule has 1 N–H and O–H groups in total. The summed E-state index contributed by atoms with van der Waals surface area (Å²) in [6.45, 7) is 8.70. The first-order valence-corrected chi connectivity index (χ1v) is 8.89. The summed E-state index contributed by atoms with van der Waals surface area (Å²) >= 11 is 0. The van der Waals surface area contributed by atoms with E-state index >= 15 is 0 Å². The van der Waals surface area contributed by atoms with Gasteiger partial charge in [-0.15, -0.1) is 0 Å². The summed E-state index contributed by atoms with van der Waals surface area (Å²) in [5, 5.41) is 10.1. The van der Waals surface area contributed by atoms with Crippen molar-refractivity contribution in [3.63, 3.8) is 0 Å². The van der Waals surface area contributed by atoms with Gasteiger partial charge in [-0.3, -0.25) is 0 Å². The lowest BCUT2D eigenvalue weighted by Gasteiger charge is -2.40. The quantitative estimate of drug-likeness (QED) is 0.561. The molecule has 1 saturated heterocycles. The van der Waals surface area contributed by atoms with Gasteiger partial charge in [0, 0.05) is 19.8 Å². The molecule has 1 aliphatic heterocycles. The molecule has 0 aromatic carbocycles.